The third kappa shape index (κ3) is 4.39. The first-order valence-electron chi connectivity index (χ1n) is 7.71. The minimum Gasteiger partial charge on any atom is -0.463 e. The van der Waals surface area contributed by atoms with Crippen LogP contribution in [0.3, 0.4) is 0 Å². The van der Waals surface area contributed by atoms with Gasteiger partial charge in [-0.3, -0.25) is 24.2 Å². The summed E-state index contributed by atoms with van der Waals surface area (Å²) in [5.74, 6) is -5.67. The minimum absolute atomic E-state index is 0.340. The Morgan fingerprint density at radius 2 is 1.81 bits per heavy atom. The summed E-state index contributed by atoms with van der Waals surface area (Å²) in [5, 5.41) is 0. The van der Waals surface area contributed by atoms with Crippen molar-refractivity contribution in [1.82, 2.24) is 9.55 Å². The first-order chi connectivity index (χ1) is 12.5. The van der Waals surface area contributed by atoms with E-state index in [0.717, 1.165) is 33.0 Å². The molecule has 1 N–H and O–H groups in total. The number of hydrogen-bond donors (Lipinski definition) is 1. The molecule has 1 saturated heterocycles. The second-order valence-electron chi connectivity index (χ2n) is 5.65. The van der Waals surface area contributed by atoms with Crippen LogP contribution in [0.5, 0.6) is 0 Å². The van der Waals surface area contributed by atoms with Crippen molar-refractivity contribution in [3.63, 3.8) is 0 Å². The SMILES string of the molecule is CC(=O)OC[C@H]1O[C@](F)(n2ccc(=O)[nH]c2=O)[C@H](OC(C)=O)[C@@H]1OC(C)=O. The van der Waals surface area contributed by atoms with Gasteiger partial charge in [-0.2, -0.15) is 4.39 Å². The van der Waals surface area contributed by atoms with E-state index in [4.69, 9.17) is 18.9 Å². The standard InChI is InChI=1S/C15H17FN2O9/c1-7(19)24-6-10-12(25-8(2)20)13(26-9(3)21)15(16,27-10)18-5-4-11(22)17-14(18)23/h4-5,10,12-13H,6H2,1-3H3,(H,17,22,23)/t10-,12-,13-,15-/m1/s1. The maximum Gasteiger partial charge on any atom is 0.339 e. The maximum atomic E-state index is 15.7. The molecule has 1 aliphatic rings. The van der Waals surface area contributed by atoms with Crippen molar-refractivity contribution in [2.24, 2.45) is 0 Å². The Kier molecular flexibility index (Phi) is 5.78. The van der Waals surface area contributed by atoms with Gasteiger partial charge in [0.15, 0.2) is 6.10 Å². The normalized spacial score (nSPS) is 27.0. The number of carbonyl (C=O) groups is 3. The fourth-order valence-corrected chi connectivity index (χ4v) is 2.57. The van der Waals surface area contributed by atoms with Gasteiger partial charge in [-0.05, 0) is 0 Å². The third-order valence-electron chi connectivity index (χ3n) is 3.53. The van der Waals surface area contributed by atoms with E-state index in [1.165, 1.54) is 0 Å². The Balaban J connectivity index is 2.53. The molecule has 0 amide bonds. The molecule has 1 aromatic heterocycles. The van der Waals surface area contributed by atoms with Crippen molar-refractivity contribution in [1.29, 1.82) is 0 Å². The molecule has 0 radical (unpaired) electrons. The number of nitrogens with zero attached hydrogens (tertiary/aromatic N) is 1. The molecule has 0 aromatic carbocycles. The second kappa shape index (κ2) is 7.70. The number of nitrogens with one attached hydrogen (secondary N) is 1. The first-order valence-corrected chi connectivity index (χ1v) is 7.71. The number of carbonyl (C=O) groups excluding carboxylic acids is 3. The summed E-state index contributed by atoms with van der Waals surface area (Å²) >= 11 is 0. The lowest BCUT2D eigenvalue weighted by Gasteiger charge is -2.28. The van der Waals surface area contributed by atoms with E-state index >= 15 is 4.39 Å². The third-order valence-corrected chi connectivity index (χ3v) is 3.53. The molecule has 0 bridgehead atoms. The number of esters is 3. The molecule has 0 unspecified atom stereocenters. The summed E-state index contributed by atoms with van der Waals surface area (Å²) in [7, 11) is 0. The summed E-state index contributed by atoms with van der Waals surface area (Å²) in [6.07, 6.45) is -4.06. The topological polar surface area (TPSA) is 143 Å². The van der Waals surface area contributed by atoms with Crippen LogP contribution in [0.15, 0.2) is 21.9 Å². The molecule has 1 aliphatic heterocycles. The zero-order chi connectivity index (χ0) is 20.4. The molecule has 1 aromatic rings. The van der Waals surface area contributed by atoms with Crippen molar-refractivity contribution in [3.8, 4) is 0 Å². The molecule has 27 heavy (non-hydrogen) atoms. The van der Waals surface area contributed by atoms with E-state index in [1.807, 2.05) is 4.98 Å². The largest absolute Gasteiger partial charge is 0.463 e. The van der Waals surface area contributed by atoms with Crippen molar-refractivity contribution in [3.05, 3.63) is 33.1 Å². The highest BCUT2D eigenvalue weighted by molar-refractivity contribution is 5.68. The Morgan fingerprint density at radius 1 is 1.19 bits per heavy atom. The predicted molar refractivity (Wildman–Crippen MR) is 83.0 cm³/mol. The lowest BCUT2D eigenvalue weighted by atomic mass is 10.1. The summed E-state index contributed by atoms with van der Waals surface area (Å²) in [6, 6.07) is 0.844. The fraction of sp³-hybridized carbons (Fsp3) is 0.533. The summed E-state index contributed by atoms with van der Waals surface area (Å²) in [5.41, 5.74) is -1.99. The number of rotatable bonds is 5. The van der Waals surface area contributed by atoms with Gasteiger partial charge in [0.05, 0.1) is 0 Å². The molecule has 12 heteroatoms. The number of alkyl halides is 1. The average molecular weight is 388 g/mol. The minimum atomic E-state index is -3.14. The Morgan fingerprint density at radius 3 is 2.33 bits per heavy atom. The van der Waals surface area contributed by atoms with E-state index < -0.39 is 60.1 Å². The van der Waals surface area contributed by atoms with Crippen molar-refractivity contribution >= 4 is 17.9 Å². The van der Waals surface area contributed by atoms with Gasteiger partial charge < -0.3 is 18.9 Å². The van der Waals surface area contributed by atoms with E-state index in [0.29, 0.717) is 4.57 Å². The molecule has 4 atom stereocenters. The second-order valence-corrected chi connectivity index (χ2v) is 5.65. The number of ether oxygens (including phenoxy) is 4. The molecule has 11 nitrogen and oxygen atoms in total. The molecule has 0 saturated carbocycles. The van der Waals surface area contributed by atoms with Crippen LogP contribution in [0, 0.1) is 0 Å². The van der Waals surface area contributed by atoms with Gasteiger partial charge in [-0.15, -0.1) is 0 Å². The van der Waals surface area contributed by atoms with Crippen LogP contribution in [0.2, 0.25) is 0 Å². The summed E-state index contributed by atoms with van der Waals surface area (Å²) in [6.45, 7) is 2.54. The summed E-state index contributed by atoms with van der Waals surface area (Å²) < 4.78 is 35.9. The molecule has 1 fully saturated rings. The van der Waals surface area contributed by atoms with Gasteiger partial charge in [0.2, 0.25) is 6.10 Å². The van der Waals surface area contributed by atoms with Crippen LogP contribution < -0.4 is 11.2 Å². The Bertz CT molecular complexity index is 863. The van der Waals surface area contributed by atoms with Gasteiger partial charge in [0, 0.05) is 33.0 Å². The number of hydrogen-bond acceptors (Lipinski definition) is 9. The lowest BCUT2D eigenvalue weighted by molar-refractivity contribution is -0.247. The highest BCUT2D eigenvalue weighted by atomic mass is 19.2. The van der Waals surface area contributed by atoms with Crippen LogP contribution in [-0.2, 0) is 39.3 Å². The molecule has 0 aliphatic carbocycles. The quantitative estimate of drug-likeness (QED) is 0.493. The number of aromatic amines is 1. The Labute approximate surface area is 151 Å². The van der Waals surface area contributed by atoms with E-state index in [9.17, 15) is 24.0 Å². The highest BCUT2D eigenvalue weighted by Gasteiger charge is 2.62. The van der Waals surface area contributed by atoms with E-state index in [-0.39, 0.29) is 0 Å². The van der Waals surface area contributed by atoms with Crippen molar-refractivity contribution < 1.29 is 37.7 Å². The van der Waals surface area contributed by atoms with Gasteiger partial charge in [-0.25, -0.2) is 9.36 Å². The maximum absolute atomic E-state index is 15.7. The Hall–Kier alpha value is -3.02. The van der Waals surface area contributed by atoms with Gasteiger partial charge in [0.1, 0.15) is 12.7 Å². The van der Waals surface area contributed by atoms with E-state index in [1.54, 1.807) is 0 Å². The van der Waals surface area contributed by atoms with Crippen molar-refractivity contribution in [2.45, 2.75) is 45.1 Å². The monoisotopic (exact) mass is 388 g/mol. The van der Waals surface area contributed by atoms with Gasteiger partial charge >= 0.3 is 29.6 Å². The number of halogens is 1. The summed E-state index contributed by atoms with van der Waals surface area (Å²) in [4.78, 5) is 59.0. The average Bonchev–Trinajstić information content (AvgIpc) is 2.77. The zero-order valence-corrected chi connectivity index (χ0v) is 14.6. The van der Waals surface area contributed by atoms with Gasteiger partial charge in [0.25, 0.3) is 5.56 Å². The molecule has 2 rings (SSSR count). The van der Waals surface area contributed by atoms with Crippen LogP contribution in [0.4, 0.5) is 4.39 Å². The predicted octanol–water partition coefficient (Wildman–Crippen LogP) is -1.06. The molecule has 148 valence electrons. The molecular formula is C15H17FN2O9. The van der Waals surface area contributed by atoms with Crippen molar-refractivity contribution in [2.75, 3.05) is 6.61 Å². The first kappa shape index (κ1) is 20.3. The van der Waals surface area contributed by atoms with Crippen LogP contribution in [-0.4, -0.2) is 52.4 Å². The number of H-pyrrole nitrogens is 1. The number of aromatic nitrogens is 2. The highest BCUT2D eigenvalue weighted by Crippen LogP contribution is 2.40. The molecular weight excluding hydrogens is 371 g/mol. The van der Waals surface area contributed by atoms with Crippen LogP contribution >= 0.6 is 0 Å². The zero-order valence-electron chi connectivity index (χ0n) is 14.6. The lowest BCUT2D eigenvalue weighted by Crippen LogP contribution is -2.50. The smallest absolute Gasteiger partial charge is 0.339 e. The molecule has 2 heterocycles. The van der Waals surface area contributed by atoms with Crippen LogP contribution in [0.1, 0.15) is 20.8 Å². The van der Waals surface area contributed by atoms with Gasteiger partial charge in [-0.1, -0.05) is 0 Å². The van der Waals surface area contributed by atoms with E-state index in [2.05, 4.69) is 0 Å². The fourth-order valence-electron chi connectivity index (χ4n) is 2.57. The molecule has 0 spiro atoms. The van der Waals surface area contributed by atoms with Crippen LogP contribution in [0.25, 0.3) is 0 Å².